The third kappa shape index (κ3) is 4.29. The number of hydrogen-bond acceptors (Lipinski definition) is 4. The Morgan fingerprint density at radius 1 is 1.00 bits per heavy atom. The first-order valence-electron chi connectivity index (χ1n) is 7.12. The maximum absolute atomic E-state index is 5.82. The number of aryl methyl sites for hydroxylation is 2. The van der Waals surface area contributed by atoms with Gasteiger partial charge in [0.25, 0.3) is 0 Å². The zero-order valence-electron chi connectivity index (χ0n) is 12.0. The van der Waals surface area contributed by atoms with Crippen molar-refractivity contribution in [3.8, 4) is 0 Å². The van der Waals surface area contributed by atoms with Crippen LogP contribution in [0.3, 0.4) is 0 Å². The lowest BCUT2D eigenvalue weighted by Gasteiger charge is -2.06. The minimum Gasteiger partial charge on any atom is -0.380 e. The fourth-order valence-electron chi connectivity index (χ4n) is 2.16. The molecule has 22 heavy (non-hydrogen) atoms. The summed E-state index contributed by atoms with van der Waals surface area (Å²) in [5.74, 6) is 0. The number of rotatable bonds is 6. The first-order valence-corrected chi connectivity index (χ1v) is 8.32. The number of halogens is 1. The maximum Gasteiger partial charge on any atom is 0.183 e. The molecule has 0 atom stereocenters. The Labute approximate surface area is 139 Å². The van der Waals surface area contributed by atoms with Crippen LogP contribution in [0.25, 0.3) is 0 Å². The van der Waals surface area contributed by atoms with Gasteiger partial charge in [0, 0.05) is 28.7 Å². The molecule has 0 bridgehead atoms. The van der Waals surface area contributed by atoms with Crippen LogP contribution in [0.1, 0.15) is 16.1 Å². The van der Waals surface area contributed by atoms with Gasteiger partial charge in [-0.15, -0.1) is 11.3 Å². The zero-order valence-corrected chi connectivity index (χ0v) is 13.6. The lowest BCUT2D eigenvalue weighted by atomic mass is 10.1. The summed E-state index contributed by atoms with van der Waals surface area (Å²) in [6.07, 6.45) is 5.62. The fraction of sp³-hybridized carbons (Fsp3) is 0.176. The van der Waals surface area contributed by atoms with E-state index in [1.807, 2.05) is 18.3 Å². The van der Waals surface area contributed by atoms with Crippen molar-refractivity contribution < 1.29 is 0 Å². The van der Waals surface area contributed by atoms with Crippen LogP contribution in [0.15, 0.2) is 54.9 Å². The lowest BCUT2D eigenvalue weighted by molar-refractivity contribution is 0.914. The fourth-order valence-corrected chi connectivity index (χ4v) is 3.08. The van der Waals surface area contributed by atoms with E-state index >= 15 is 0 Å². The van der Waals surface area contributed by atoms with Gasteiger partial charge in [0.15, 0.2) is 4.47 Å². The summed E-state index contributed by atoms with van der Waals surface area (Å²) in [5, 5.41) is 3.37. The quantitative estimate of drug-likeness (QED) is 0.718. The van der Waals surface area contributed by atoms with Crippen molar-refractivity contribution in [2.45, 2.75) is 19.4 Å². The van der Waals surface area contributed by atoms with E-state index in [1.165, 1.54) is 16.9 Å². The van der Waals surface area contributed by atoms with Gasteiger partial charge in [-0.1, -0.05) is 29.8 Å². The van der Waals surface area contributed by atoms with Gasteiger partial charge >= 0.3 is 0 Å². The van der Waals surface area contributed by atoms with E-state index in [9.17, 15) is 0 Å². The summed E-state index contributed by atoms with van der Waals surface area (Å²) in [5.41, 5.74) is 3.55. The number of anilines is 1. The number of pyridine rings is 1. The molecule has 0 amide bonds. The van der Waals surface area contributed by atoms with Crippen LogP contribution in [-0.4, -0.2) is 9.97 Å². The maximum atomic E-state index is 5.82. The van der Waals surface area contributed by atoms with Crippen molar-refractivity contribution in [1.29, 1.82) is 0 Å². The summed E-state index contributed by atoms with van der Waals surface area (Å²) in [6.45, 7) is 0.748. The van der Waals surface area contributed by atoms with Crippen molar-refractivity contribution in [2.24, 2.45) is 0 Å². The van der Waals surface area contributed by atoms with E-state index in [0.717, 1.165) is 35.6 Å². The van der Waals surface area contributed by atoms with Crippen LogP contribution in [0.5, 0.6) is 0 Å². The highest BCUT2D eigenvalue weighted by Crippen LogP contribution is 2.19. The summed E-state index contributed by atoms with van der Waals surface area (Å²) in [6, 6.07) is 14.6. The first-order chi connectivity index (χ1) is 10.8. The largest absolute Gasteiger partial charge is 0.380 e. The number of benzene rings is 1. The molecule has 0 unspecified atom stereocenters. The summed E-state index contributed by atoms with van der Waals surface area (Å²) in [4.78, 5) is 9.51. The van der Waals surface area contributed by atoms with Gasteiger partial charge in [-0.3, -0.25) is 4.98 Å². The van der Waals surface area contributed by atoms with Gasteiger partial charge in [-0.25, -0.2) is 4.98 Å². The van der Waals surface area contributed by atoms with E-state index in [0.29, 0.717) is 4.47 Å². The smallest absolute Gasteiger partial charge is 0.183 e. The van der Waals surface area contributed by atoms with Crippen molar-refractivity contribution in [2.75, 3.05) is 5.32 Å². The van der Waals surface area contributed by atoms with E-state index < -0.39 is 0 Å². The Kier molecular flexibility index (Phi) is 5.03. The number of nitrogens with zero attached hydrogens (tertiary/aromatic N) is 2. The van der Waals surface area contributed by atoms with E-state index in [1.54, 1.807) is 6.20 Å². The van der Waals surface area contributed by atoms with Crippen LogP contribution < -0.4 is 5.32 Å². The van der Waals surface area contributed by atoms with Gasteiger partial charge in [-0.2, -0.15) is 0 Å². The van der Waals surface area contributed by atoms with Gasteiger partial charge < -0.3 is 5.32 Å². The van der Waals surface area contributed by atoms with Gasteiger partial charge in [0.2, 0.25) is 0 Å². The van der Waals surface area contributed by atoms with Gasteiger partial charge in [0.1, 0.15) is 0 Å². The molecule has 3 rings (SSSR count). The number of aromatic nitrogens is 2. The molecule has 0 saturated heterocycles. The average Bonchev–Trinajstić information content (AvgIpc) is 2.98. The van der Waals surface area contributed by atoms with Crippen LogP contribution in [0, 0.1) is 0 Å². The Balaban J connectivity index is 1.51. The molecule has 5 heteroatoms. The number of thiazole rings is 1. The monoisotopic (exact) mass is 329 g/mol. The lowest BCUT2D eigenvalue weighted by Crippen LogP contribution is -1.98. The van der Waals surface area contributed by atoms with Crippen molar-refractivity contribution in [1.82, 2.24) is 9.97 Å². The van der Waals surface area contributed by atoms with Gasteiger partial charge in [-0.05, 0) is 42.7 Å². The number of hydrogen-bond donors (Lipinski definition) is 1. The second-order valence-electron chi connectivity index (χ2n) is 4.95. The summed E-state index contributed by atoms with van der Waals surface area (Å²) in [7, 11) is 0. The Hall–Kier alpha value is -1.91. The van der Waals surface area contributed by atoms with E-state index in [4.69, 9.17) is 11.6 Å². The minimum absolute atomic E-state index is 0.585. The Morgan fingerprint density at radius 2 is 1.86 bits per heavy atom. The standard InChI is InChI=1S/C17H16ClN3S/c18-17-21-12-16(22-17)11-20-15-8-5-13(6-9-15)4-7-14-3-1-2-10-19-14/h1-3,5-6,8-10,12,20H,4,7,11H2. The molecule has 0 fully saturated rings. The SMILES string of the molecule is Clc1ncc(CNc2ccc(CCc3ccccn3)cc2)s1. The average molecular weight is 330 g/mol. The first kappa shape index (κ1) is 15.0. The third-order valence-electron chi connectivity index (χ3n) is 3.34. The minimum atomic E-state index is 0.585. The normalized spacial score (nSPS) is 10.6. The Morgan fingerprint density at radius 3 is 2.55 bits per heavy atom. The molecule has 3 nitrogen and oxygen atoms in total. The second-order valence-corrected chi connectivity index (χ2v) is 6.65. The predicted octanol–water partition coefficient (Wildman–Crippen LogP) is 4.59. The molecule has 112 valence electrons. The molecule has 2 heterocycles. The van der Waals surface area contributed by atoms with Crippen LogP contribution in [0.4, 0.5) is 5.69 Å². The molecule has 0 saturated carbocycles. The van der Waals surface area contributed by atoms with Crippen molar-refractivity contribution >= 4 is 28.6 Å². The Bertz CT molecular complexity index is 710. The highest BCUT2D eigenvalue weighted by atomic mass is 35.5. The summed E-state index contributed by atoms with van der Waals surface area (Å²) >= 11 is 7.32. The summed E-state index contributed by atoms with van der Waals surface area (Å²) < 4.78 is 0.585. The molecule has 0 radical (unpaired) electrons. The van der Waals surface area contributed by atoms with Crippen LogP contribution in [-0.2, 0) is 19.4 Å². The predicted molar refractivity (Wildman–Crippen MR) is 92.5 cm³/mol. The molecule has 0 aliphatic carbocycles. The third-order valence-corrected chi connectivity index (χ3v) is 4.46. The molecule has 0 spiro atoms. The molecule has 1 N–H and O–H groups in total. The van der Waals surface area contributed by atoms with Crippen molar-refractivity contribution in [3.05, 3.63) is 75.5 Å². The molecule has 3 aromatic rings. The number of nitrogens with one attached hydrogen (secondary N) is 1. The molecule has 0 aliphatic heterocycles. The van der Waals surface area contributed by atoms with E-state index in [2.05, 4.69) is 45.6 Å². The molecular formula is C17H16ClN3S. The molecular weight excluding hydrogens is 314 g/mol. The second kappa shape index (κ2) is 7.38. The molecule has 0 aliphatic rings. The highest BCUT2D eigenvalue weighted by molar-refractivity contribution is 7.15. The van der Waals surface area contributed by atoms with E-state index in [-0.39, 0.29) is 0 Å². The molecule has 2 aromatic heterocycles. The topological polar surface area (TPSA) is 37.8 Å². The highest BCUT2D eigenvalue weighted by Gasteiger charge is 2.00. The van der Waals surface area contributed by atoms with Gasteiger partial charge in [0.05, 0.1) is 6.54 Å². The zero-order chi connectivity index (χ0) is 15.2. The van der Waals surface area contributed by atoms with Crippen LogP contribution in [0.2, 0.25) is 4.47 Å². The molecule has 1 aromatic carbocycles. The van der Waals surface area contributed by atoms with Crippen LogP contribution >= 0.6 is 22.9 Å². The van der Waals surface area contributed by atoms with Crippen molar-refractivity contribution in [3.63, 3.8) is 0 Å².